The quantitative estimate of drug-likeness (QED) is 0.785. The Kier molecular flexibility index (Phi) is 3.67. The average molecular weight is 281 g/mol. The first-order valence-electron chi connectivity index (χ1n) is 5.21. The number of hydrogen-bond donors (Lipinski definition) is 0. The van der Waals surface area contributed by atoms with E-state index in [1.54, 1.807) is 6.26 Å². The molecule has 0 bridgehead atoms. The van der Waals surface area contributed by atoms with E-state index in [9.17, 15) is 0 Å². The normalized spacial score (nSPS) is 12.4. The second kappa shape index (κ2) is 5.21. The summed E-state index contributed by atoms with van der Waals surface area (Å²) in [5, 5.41) is 0. The largest absolute Gasteiger partial charge is 0.494 e. The summed E-state index contributed by atoms with van der Waals surface area (Å²) >= 11 is 3.60. The number of ether oxygens (including phenoxy) is 1. The maximum atomic E-state index is 5.39. The van der Waals surface area contributed by atoms with Gasteiger partial charge in [-0.15, -0.1) is 0 Å². The number of rotatable bonds is 4. The molecule has 0 N–H and O–H groups in total. The van der Waals surface area contributed by atoms with Crippen molar-refractivity contribution in [2.75, 3.05) is 6.61 Å². The van der Waals surface area contributed by atoms with Crippen molar-refractivity contribution in [2.45, 2.75) is 11.8 Å². The van der Waals surface area contributed by atoms with Crippen LogP contribution in [0.25, 0.3) is 0 Å². The van der Waals surface area contributed by atoms with Crippen molar-refractivity contribution in [3.05, 3.63) is 54.0 Å². The number of furan rings is 1. The van der Waals surface area contributed by atoms with Crippen LogP contribution >= 0.6 is 15.9 Å². The molecule has 16 heavy (non-hydrogen) atoms. The summed E-state index contributed by atoms with van der Waals surface area (Å²) in [4.78, 5) is 0.0955. The molecule has 0 aliphatic rings. The third kappa shape index (κ3) is 2.47. The molecule has 0 aliphatic carbocycles. The molecule has 2 aromatic rings. The molecule has 1 aromatic carbocycles. The smallest absolute Gasteiger partial charge is 0.121 e. The van der Waals surface area contributed by atoms with E-state index in [4.69, 9.17) is 9.15 Å². The van der Waals surface area contributed by atoms with Gasteiger partial charge in [-0.25, -0.2) is 0 Å². The zero-order valence-electron chi connectivity index (χ0n) is 9.02. The first-order valence-corrected chi connectivity index (χ1v) is 6.13. The fraction of sp³-hybridized carbons (Fsp3) is 0.231. The predicted molar refractivity (Wildman–Crippen MR) is 67.1 cm³/mol. The molecule has 0 amide bonds. The van der Waals surface area contributed by atoms with Crippen LogP contribution < -0.4 is 4.74 Å². The highest BCUT2D eigenvalue weighted by molar-refractivity contribution is 9.09. The van der Waals surface area contributed by atoms with Crippen LogP contribution in [-0.4, -0.2) is 6.61 Å². The summed E-state index contributed by atoms with van der Waals surface area (Å²) in [5.74, 6) is 1.80. The van der Waals surface area contributed by atoms with Crippen molar-refractivity contribution in [1.29, 1.82) is 0 Å². The first-order chi connectivity index (χ1) is 7.81. The maximum Gasteiger partial charge on any atom is 0.121 e. The molecule has 0 aliphatic heterocycles. The van der Waals surface area contributed by atoms with E-state index in [1.165, 1.54) is 0 Å². The van der Waals surface area contributed by atoms with Crippen molar-refractivity contribution in [3.63, 3.8) is 0 Å². The molecule has 1 unspecified atom stereocenters. The number of benzene rings is 1. The Balaban J connectivity index is 2.15. The molecule has 2 rings (SSSR count). The van der Waals surface area contributed by atoms with E-state index in [-0.39, 0.29) is 4.83 Å². The molecule has 0 saturated carbocycles. The Morgan fingerprint density at radius 1 is 1.25 bits per heavy atom. The third-order valence-electron chi connectivity index (χ3n) is 2.28. The molecule has 0 spiro atoms. The number of alkyl halides is 1. The van der Waals surface area contributed by atoms with Crippen LogP contribution in [-0.2, 0) is 0 Å². The summed E-state index contributed by atoms with van der Waals surface area (Å²) in [6.45, 7) is 2.67. The predicted octanol–water partition coefficient (Wildman–Crippen LogP) is 4.16. The lowest BCUT2D eigenvalue weighted by Gasteiger charge is -2.08. The minimum Gasteiger partial charge on any atom is -0.494 e. The number of hydrogen-bond acceptors (Lipinski definition) is 2. The van der Waals surface area contributed by atoms with Crippen LogP contribution in [0.1, 0.15) is 23.1 Å². The van der Waals surface area contributed by atoms with Crippen molar-refractivity contribution < 1.29 is 9.15 Å². The van der Waals surface area contributed by atoms with Gasteiger partial charge in [0.2, 0.25) is 0 Å². The van der Waals surface area contributed by atoms with Gasteiger partial charge in [-0.1, -0.05) is 28.1 Å². The lowest BCUT2D eigenvalue weighted by atomic mass is 10.1. The van der Waals surface area contributed by atoms with Gasteiger partial charge in [-0.3, -0.25) is 0 Å². The molecule has 84 valence electrons. The fourth-order valence-electron chi connectivity index (χ4n) is 1.50. The van der Waals surface area contributed by atoms with E-state index < -0.39 is 0 Å². The standard InChI is InChI=1S/C13H13BrO2/c1-2-15-11-7-5-10(6-8-11)13(14)12-4-3-9-16-12/h3-9,13H,2H2,1H3. The van der Waals surface area contributed by atoms with Gasteiger partial charge in [-0.2, -0.15) is 0 Å². The van der Waals surface area contributed by atoms with E-state index >= 15 is 0 Å². The second-order valence-electron chi connectivity index (χ2n) is 3.38. The molecule has 0 fully saturated rings. The van der Waals surface area contributed by atoms with Crippen LogP contribution in [0.2, 0.25) is 0 Å². The molecule has 1 heterocycles. The Morgan fingerprint density at radius 2 is 2.00 bits per heavy atom. The maximum absolute atomic E-state index is 5.39. The minimum atomic E-state index is 0.0955. The molecule has 0 radical (unpaired) electrons. The summed E-state index contributed by atoms with van der Waals surface area (Å²) < 4.78 is 10.7. The van der Waals surface area contributed by atoms with Crippen molar-refractivity contribution >= 4 is 15.9 Å². The zero-order chi connectivity index (χ0) is 11.4. The Labute approximate surface area is 103 Å². The Bertz CT molecular complexity index is 420. The molecule has 3 heteroatoms. The lowest BCUT2D eigenvalue weighted by Crippen LogP contribution is -1.93. The lowest BCUT2D eigenvalue weighted by molar-refractivity contribution is 0.340. The van der Waals surface area contributed by atoms with Gasteiger partial charge in [-0.05, 0) is 36.8 Å². The number of halogens is 1. The summed E-state index contributed by atoms with van der Waals surface area (Å²) in [6.07, 6.45) is 1.68. The molecular weight excluding hydrogens is 268 g/mol. The van der Waals surface area contributed by atoms with Crippen LogP contribution in [0.15, 0.2) is 47.1 Å². The SMILES string of the molecule is CCOc1ccc(C(Br)c2ccco2)cc1. The van der Waals surface area contributed by atoms with Crippen LogP contribution in [0.4, 0.5) is 0 Å². The molecule has 1 atom stereocenters. The third-order valence-corrected chi connectivity index (χ3v) is 3.26. The monoisotopic (exact) mass is 280 g/mol. The molecule has 0 saturated heterocycles. The second-order valence-corrected chi connectivity index (χ2v) is 4.30. The van der Waals surface area contributed by atoms with Gasteiger partial charge in [0.05, 0.1) is 17.7 Å². The summed E-state index contributed by atoms with van der Waals surface area (Å²) in [7, 11) is 0. The Morgan fingerprint density at radius 3 is 2.56 bits per heavy atom. The highest BCUT2D eigenvalue weighted by Crippen LogP contribution is 2.31. The topological polar surface area (TPSA) is 22.4 Å². The molecule has 2 nitrogen and oxygen atoms in total. The van der Waals surface area contributed by atoms with Crippen LogP contribution in [0, 0.1) is 0 Å². The molecular formula is C13H13BrO2. The highest BCUT2D eigenvalue weighted by Gasteiger charge is 2.12. The van der Waals surface area contributed by atoms with Gasteiger partial charge in [0.15, 0.2) is 0 Å². The van der Waals surface area contributed by atoms with Crippen molar-refractivity contribution in [3.8, 4) is 5.75 Å². The van der Waals surface area contributed by atoms with Crippen molar-refractivity contribution in [1.82, 2.24) is 0 Å². The van der Waals surface area contributed by atoms with Gasteiger partial charge in [0.25, 0.3) is 0 Å². The van der Waals surface area contributed by atoms with Gasteiger partial charge in [0, 0.05) is 0 Å². The van der Waals surface area contributed by atoms with E-state index in [2.05, 4.69) is 15.9 Å². The summed E-state index contributed by atoms with van der Waals surface area (Å²) in [6, 6.07) is 11.8. The zero-order valence-corrected chi connectivity index (χ0v) is 10.6. The fourth-order valence-corrected chi connectivity index (χ4v) is 2.07. The highest BCUT2D eigenvalue weighted by atomic mass is 79.9. The van der Waals surface area contributed by atoms with E-state index in [0.717, 1.165) is 17.1 Å². The van der Waals surface area contributed by atoms with Gasteiger partial charge in [0.1, 0.15) is 11.5 Å². The summed E-state index contributed by atoms with van der Waals surface area (Å²) in [5.41, 5.74) is 1.15. The van der Waals surface area contributed by atoms with Crippen LogP contribution in [0.3, 0.4) is 0 Å². The minimum absolute atomic E-state index is 0.0955. The van der Waals surface area contributed by atoms with E-state index in [1.807, 2.05) is 43.3 Å². The van der Waals surface area contributed by atoms with Gasteiger partial charge >= 0.3 is 0 Å². The van der Waals surface area contributed by atoms with E-state index in [0.29, 0.717) is 6.61 Å². The average Bonchev–Trinajstić information content (AvgIpc) is 2.83. The molecule has 1 aromatic heterocycles. The van der Waals surface area contributed by atoms with Gasteiger partial charge < -0.3 is 9.15 Å². The van der Waals surface area contributed by atoms with Crippen LogP contribution in [0.5, 0.6) is 5.75 Å². The van der Waals surface area contributed by atoms with Crippen molar-refractivity contribution in [2.24, 2.45) is 0 Å². The Hall–Kier alpha value is -1.22. The first kappa shape index (κ1) is 11.3.